The maximum Gasteiger partial charge on any atom is 0.225 e. The third-order valence-electron chi connectivity index (χ3n) is 3.54. The zero-order valence-corrected chi connectivity index (χ0v) is 13.6. The lowest BCUT2D eigenvalue weighted by Gasteiger charge is -2.31. The van der Waals surface area contributed by atoms with Crippen molar-refractivity contribution in [1.29, 1.82) is 0 Å². The number of halogens is 1. The smallest absolute Gasteiger partial charge is 0.225 e. The molecule has 0 aliphatic heterocycles. The molecule has 0 fully saturated rings. The van der Waals surface area contributed by atoms with Gasteiger partial charge in [0.05, 0.1) is 0 Å². The monoisotopic (exact) mass is 278 g/mol. The van der Waals surface area contributed by atoms with Crippen LogP contribution in [0.2, 0.25) is 0 Å². The predicted molar refractivity (Wildman–Crippen MR) is 81.0 cm³/mol. The molecule has 1 amide bonds. The van der Waals surface area contributed by atoms with E-state index >= 15 is 0 Å². The molecule has 3 N–H and O–H groups in total. The minimum Gasteiger partial charge on any atom is -0.354 e. The summed E-state index contributed by atoms with van der Waals surface area (Å²) in [5, 5.41) is 3.01. The topological polar surface area (TPSA) is 55.1 Å². The summed E-state index contributed by atoms with van der Waals surface area (Å²) in [5.74, 6) is 0.638. The quantitative estimate of drug-likeness (QED) is 0.752. The summed E-state index contributed by atoms with van der Waals surface area (Å²) in [4.78, 5) is 12.1. The van der Waals surface area contributed by atoms with Gasteiger partial charge in [-0.05, 0) is 25.2 Å². The van der Waals surface area contributed by atoms with Gasteiger partial charge in [-0.1, -0.05) is 41.5 Å². The van der Waals surface area contributed by atoms with Crippen molar-refractivity contribution in [2.24, 2.45) is 17.1 Å². The van der Waals surface area contributed by atoms with Crippen LogP contribution in [0.15, 0.2) is 0 Å². The fraction of sp³-hybridized carbons (Fsp3) is 0.929. The van der Waals surface area contributed by atoms with Crippen LogP contribution in [-0.4, -0.2) is 18.0 Å². The van der Waals surface area contributed by atoms with Crippen molar-refractivity contribution in [3.63, 3.8) is 0 Å². The molecule has 0 spiro atoms. The molecule has 0 atom stereocenters. The molecule has 110 valence electrons. The second-order valence-electron chi connectivity index (χ2n) is 6.23. The van der Waals surface area contributed by atoms with Crippen molar-refractivity contribution in [2.45, 2.75) is 66.3 Å². The Bertz CT molecular complexity index is 248. The molecule has 0 aliphatic carbocycles. The van der Waals surface area contributed by atoms with Crippen molar-refractivity contribution in [3.05, 3.63) is 0 Å². The molecule has 0 aliphatic rings. The Kier molecular flexibility index (Phi) is 8.91. The first-order chi connectivity index (χ1) is 7.67. The minimum atomic E-state index is -0.309. The number of carbonyl (C=O) groups is 1. The molecule has 0 heterocycles. The van der Waals surface area contributed by atoms with Crippen LogP contribution in [0, 0.1) is 11.3 Å². The summed E-state index contributed by atoms with van der Waals surface area (Å²) in [5.41, 5.74) is 5.61. The second-order valence-corrected chi connectivity index (χ2v) is 6.23. The van der Waals surface area contributed by atoms with E-state index in [2.05, 4.69) is 33.0 Å². The molecule has 0 saturated heterocycles. The average Bonchev–Trinajstić information content (AvgIpc) is 2.23. The van der Waals surface area contributed by atoms with Gasteiger partial charge in [0.15, 0.2) is 0 Å². The maximum absolute atomic E-state index is 12.1. The number of amides is 1. The SMILES string of the molecule is CCC(N)(CC)CNC(=O)C(C)(C)CC(C)C.Cl. The second kappa shape index (κ2) is 8.00. The Hall–Kier alpha value is -0.280. The van der Waals surface area contributed by atoms with Gasteiger partial charge in [0.2, 0.25) is 5.91 Å². The van der Waals surface area contributed by atoms with Crippen LogP contribution in [0.3, 0.4) is 0 Å². The molecule has 0 unspecified atom stereocenters. The molecule has 4 heteroatoms. The summed E-state index contributed by atoms with van der Waals surface area (Å²) in [6.07, 6.45) is 2.66. The van der Waals surface area contributed by atoms with Crippen LogP contribution in [0.5, 0.6) is 0 Å². The Morgan fingerprint density at radius 1 is 1.22 bits per heavy atom. The number of nitrogens with one attached hydrogen (secondary N) is 1. The summed E-state index contributed by atoms with van der Waals surface area (Å²) >= 11 is 0. The molecule has 0 aromatic heterocycles. The Labute approximate surface area is 119 Å². The van der Waals surface area contributed by atoms with E-state index in [0.29, 0.717) is 12.5 Å². The van der Waals surface area contributed by atoms with Crippen LogP contribution in [0.4, 0.5) is 0 Å². The van der Waals surface area contributed by atoms with E-state index in [9.17, 15) is 4.79 Å². The summed E-state index contributed by atoms with van der Waals surface area (Å²) < 4.78 is 0. The number of nitrogens with two attached hydrogens (primary N) is 1. The van der Waals surface area contributed by atoms with Crippen molar-refractivity contribution in [3.8, 4) is 0 Å². The van der Waals surface area contributed by atoms with Crippen molar-refractivity contribution in [1.82, 2.24) is 5.32 Å². The van der Waals surface area contributed by atoms with E-state index in [1.807, 2.05) is 13.8 Å². The van der Waals surface area contributed by atoms with Crippen LogP contribution >= 0.6 is 12.4 Å². The zero-order valence-electron chi connectivity index (χ0n) is 12.8. The van der Waals surface area contributed by atoms with Gasteiger partial charge in [-0.3, -0.25) is 4.79 Å². The molecule has 0 rings (SSSR count). The molecule has 0 aromatic carbocycles. The summed E-state index contributed by atoms with van der Waals surface area (Å²) in [7, 11) is 0. The van der Waals surface area contributed by atoms with Crippen molar-refractivity contribution in [2.75, 3.05) is 6.54 Å². The van der Waals surface area contributed by atoms with Gasteiger partial charge >= 0.3 is 0 Å². The van der Waals surface area contributed by atoms with Crippen LogP contribution in [0.1, 0.15) is 60.8 Å². The molecule has 0 bridgehead atoms. The van der Waals surface area contributed by atoms with Gasteiger partial charge in [0, 0.05) is 17.5 Å². The van der Waals surface area contributed by atoms with E-state index in [1.165, 1.54) is 0 Å². The van der Waals surface area contributed by atoms with Crippen LogP contribution in [-0.2, 0) is 4.79 Å². The number of hydrogen-bond acceptors (Lipinski definition) is 2. The van der Waals surface area contributed by atoms with E-state index < -0.39 is 0 Å². The first kappa shape index (κ1) is 20.0. The molecule has 3 nitrogen and oxygen atoms in total. The van der Waals surface area contributed by atoms with Gasteiger partial charge in [-0.25, -0.2) is 0 Å². The zero-order chi connectivity index (χ0) is 13.7. The predicted octanol–water partition coefficient (Wildman–Crippen LogP) is 3.11. The number of hydrogen-bond donors (Lipinski definition) is 2. The fourth-order valence-corrected chi connectivity index (χ4v) is 2.11. The minimum absolute atomic E-state index is 0. The normalized spacial score (nSPS) is 12.2. The summed E-state index contributed by atoms with van der Waals surface area (Å²) in [6.45, 7) is 13.0. The largest absolute Gasteiger partial charge is 0.354 e. The van der Waals surface area contributed by atoms with Gasteiger partial charge in [-0.2, -0.15) is 0 Å². The van der Waals surface area contributed by atoms with E-state index in [-0.39, 0.29) is 29.3 Å². The van der Waals surface area contributed by atoms with Crippen LogP contribution < -0.4 is 11.1 Å². The fourth-order valence-electron chi connectivity index (χ4n) is 2.11. The lowest BCUT2D eigenvalue weighted by molar-refractivity contribution is -0.130. The first-order valence-electron chi connectivity index (χ1n) is 6.74. The Morgan fingerprint density at radius 3 is 2.00 bits per heavy atom. The molecule has 0 radical (unpaired) electrons. The van der Waals surface area contributed by atoms with Crippen molar-refractivity contribution < 1.29 is 4.79 Å². The lowest BCUT2D eigenvalue weighted by atomic mass is 9.82. The standard InChI is InChI=1S/C14H30N2O.ClH/c1-7-14(15,8-2)10-16-12(17)13(5,6)9-11(3)4;/h11H,7-10,15H2,1-6H3,(H,16,17);1H. The highest BCUT2D eigenvalue weighted by Crippen LogP contribution is 2.25. The van der Waals surface area contributed by atoms with E-state index in [4.69, 9.17) is 5.73 Å². The molecule has 0 saturated carbocycles. The lowest BCUT2D eigenvalue weighted by Crippen LogP contribution is -2.51. The van der Waals surface area contributed by atoms with E-state index in [1.54, 1.807) is 0 Å². The molecular weight excluding hydrogens is 248 g/mol. The first-order valence-corrected chi connectivity index (χ1v) is 6.74. The Morgan fingerprint density at radius 2 is 1.67 bits per heavy atom. The van der Waals surface area contributed by atoms with Gasteiger partial charge in [-0.15, -0.1) is 12.4 Å². The van der Waals surface area contributed by atoms with Crippen LogP contribution in [0.25, 0.3) is 0 Å². The highest BCUT2D eigenvalue weighted by molar-refractivity contribution is 5.85. The van der Waals surface area contributed by atoms with Gasteiger partial charge in [0.25, 0.3) is 0 Å². The number of rotatable bonds is 7. The van der Waals surface area contributed by atoms with Gasteiger partial charge in [0.1, 0.15) is 0 Å². The van der Waals surface area contributed by atoms with E-state index in [0.717, 1.165) is 19.3 Å². The molecule has 18 heavy (non-hydrogen) atoms. The van der Waals surface area contributed by atoms with Crippen molar-refractivity contribution >= 4 is 18.3 Å². The Balaban J connectivity index is 0. The maximum atomic E-state index is 12.1. The molecular formula is C14H31ClN2O. The number of carbonyl (C=O) groups excluding carboxylic acids is 1. The highest BCUT2D eigenvalue weighted by Gasteiger charge is 2.30. The van der Waals surface area contributed by atoms with Gasteiger partial charge < -0.3 is 11.1 Å². The molecule has 0 aromatic rings. The summed E-state index contributed by atoms with van der Waals surface area (Å²) in [6, 6.07) is 0. The average molecular weight is 279 g/mol. The third kappa shape index (κ3) is 6.60. The third-order valence-corrected chi connectivity index (χ3v) is 3.54. The highest BCUT2D eigenvalue weighted by atomic mass is 35.5.